The summed E-state index contributed by atoms with van der Waals surface area (Å²) < 4.78 is 0. The Labute approximate surface area is 121 Å². The second-order valence-electron chi connectivity index (χ2n) is 6.76. The van der Waals surface area contributed by atoms with Crippen molar-refractivity contribution in [2.75, 3.05) is 13.1 Å². The highest BCUT2D eigenvalue weighted by Crippen LogP contribution is 2.30. The van der Waals surface area contributed by atoms with Gasteiger partial charge in [0, 0.05) is 18.6 Å². The largest absolute Gasteiger partial charge is 0.330 e. The van der Waals surface area contributed by atoms with E-state index in [1.54, 1.807) is 0 Å². The van der Waals surface area contributed by atoms with Crippen molar-refractivity contribution in [2.24, 2.45) is 17.6 Å². The van der Waals surface area contributed by atoms with E-state index >= 15 is 0 Å². The molecule has 0 heterocycles. The second kappa shape index (κ2) is 8.97. The molecule has 19 heavy (non-hydrogen) atoms. The monoisotopic (exact) mass is 268 g/mol. The molecule has 2 nitrogen and oxygen atoms in total. The fourth-order valence-electron chi connectivity index (χ4n) is 3.81. The highest BCUT2D eigenvalue weighted by molar-refractivity contribution is 4.86. The Morgan fingerprint density at radius 2 is 1.68 bits per heavy atom. The standard InChI is InChI=1S/C17H36N2/c1-5-16(6-2)19(13-14(3)4)17-11-9-7-8-10-15(17)12-18/h14-17H,5-13,18H2,1-4H3. The molecule has 1 aliphatic rings. The summed E-state index contributed by atoms with van der Waals surface area (Å²) in [7, 11) is 0. The van der Waals surface area contributed by atoms with Gasteiger partial charge in [-0.15, -0.1) is 0 Å². The molecule has 0 radical (unpaired) electrons. The van der Waals surface area contributed by atoms with Crippen molar-refractivity contribution in [1.82, 2.24) is 4.90 Å². The Morgan fingerprint density at radius 3 is 2.21 bits per heavy atom. The fraction of sp³-hybridized carbons (Fsp3) is 1.00. The second-order valence-corrected chi connectivity index (χ2v) is 6.76. The molecule has 0 aromatic heterocycles. The van der Waals surface area contributed by atoms with Gasteiger partial charge in [0.15, 0.2) is 0 Å². The van der Waals surface area contributed by atoms with Gasteiger partial charge in [0.1, 0.15) is 0 Å². The highest BCUT2D eigenvalue weighted by atomic mass is 15.2. The van der Waals surface area contributed by atoms with Gasteiger partial charge < -0.3 is 5.73 Å². The maximum atomic E-state index is 6.09. The zero-order valence-electron chi connectivity index (χ0n) is 13.7. The van der Waals surface area contributed by atoms with Crippen LogP contribution in [0.25, 0.3) is 0 Å². The van der Waals surface area contributed by atoms with E-state index in [-0.39, 0.29) is 0 Å². The molecule has 0 aliphatic heterocycles. The SMILES string of the molecule is CCC(CC)N(CC(C)C)C1CCCCCC1CN. The van der Waals surface area contributed by atoms with E-state index < -0.39 is 0 Å². The topological polar surface area (TPSA) is 29.3 Å². The number of nitrogens with zero attached hydrogens (tertiary/aromatic N) is 1. The van der Waals surface area contributed by atoms with Crippen LogP contribution in [0.5, 0.6) is 0 Å². The first-order valence-electron chi connectivity index (χ1n) is 8.59. The first-order valence-corrected chi connectivity index (χ1v) is 8.59. The Kier molecular flexibility index (Phi) is 8.01. The maximum absolute atomic E-state index is 6.09. The van der Waals surface area contributed by atoms with E-state index in [4.69, 9.17) is 5.73 Å². The van der Waals surface area contributed by atoms with Crippen molar-refractivity contribution < 1.29 is 0 Å². The first kappa shape index (κ1) is 17.0. The van der Waals surface area contributed by atoms with Gasteiger partial charge in [-0.3, -0.25) is 4.90 Å². The quantitative estimate of drug-likeness (QED) is 0.706. The fourth-order valence-corrected chi connectivity index (χ4v) is 3.81. The zero-order valence-corrected chi connectivity index (χ0v) is 13.7. The van der Waals surface area contributed by atoms with E-state index in [0.717, 1.165) is 30.5 Å². The minimum atomic E-state index is 0.724. The maximum Gasteiger partial charge on any atom is 0.0139 e. The summed E-state index contributed by atoms with van der Waals surface area (Å²) in [6, 6.07) is 1.49. The van der Waals surface area contributed by atoms with E-state index in [0.29, 0.717) is 0 Å². The molecule has 2 atom stereocenters. The molecule has 0 bridgehead atoms. The summed E-state index contributed by atoms with van der Waals surface area (Å²) >= 11 is 0. The molecule has 1 rings (SSSR count). The number of hydrogen-bond donors (Lipinski definition) is 1. The molecule has 1 saturated carbocycles. The van der Waals surface area contributed by atoms with E-state index in [2.05, 4.69) is 32.6 Å². The van der Waals surface area contributed by atoms with Crippen LogP contribution in [0.15, 0.2) is 0 Å². The van der Waals surface area contributed by atoms with Crippen molar-refractivity contribution in [3.63, 3.8) is 0 Å². The predicted molar refractivity (Wildman–Crippen MR) is 85.3 cm³/mol. The van der Waals surface area contributed by atoms with Gasteiger partial charge in [0.05, 0.1) is 0 Å². The molecular formula is C17H36N2. The van der Waals surface area contributed by atoms with Crippen LogP contribution in [0.3, 0.4) is 0 Å². The zero-order chi connectivity index (χ0) is 14.3. The summed E-state index contributed by atoms with van der Waals surface area (Å²) in [4.78, 5) is 2.83. The van der Waals surface area contributed by atoms with E-state index in [1.807, 2.05) is 0 Å². The van der Waals surface area contributed by atoms with Gasteiger partial charge >= 0.3 is 0 Å². The molecule has 2 unspecified atom stereocenters. The molecule has 114 valence electrons. The van der Waals surface area contributed by atoms with Crippen molar-refractivity contribution in [2.45, 2.75) is 84.7 Å². The summed E-state index contributed by atoms with van der Waals surface area (Å²) in [5, 5.41) is 0. The molecule has 2 N–H and O–H groups in total. The van der Waals surface area contributed by atoms with Crippen LogP contribution in [0.2, 0.25) is 0 Å². The van der Waals surface area contributed by atoms with Crippen molar-refractivity contribution in [3.05, 3.63) is 0 Å². The molecule has 1 fully saturated rings. The lowest BCUT2D eigenvalue weighted by Gasteiger charge is -2.42. The molecule has 0 amide bonds. The van der Waals surface area contributed by atoms with E-state index in [1.165, 1.54) is 51.5 Å². The minimum absolute atomic E-state index is 0.724. The van der Waals surface area contributed by atoms with Crippen LogP contribution in [0.1, 0.15) is 72.6 Å². The van der Waals surface area contributed by atoms with Gasteiger partial charge in [0.25, 0.3) is 0 Å². The molecule has 0 spiro atoms. The van der Waals surface area contributed by atoms with Crippen LogP contribution < -0.4 is 5.73 Å². The minimum Gasteiger partial charge on any atom is -0.330 e. The lowest BCUT2D eigenvalue weighted by atomic mass is 9.90. The number of nitrogens with two attached hydrogens (primary N) is 1. The van der Waals surface area contributed by atoms with Crippen LogP contribution >= 0.6 is 0 Å². The van der Waals surface area contributed by atoms with Crippen molar-refractivity contribution >= 4 is 0 Å². The Morgan fingerprint density at radius 1 is 1.05 bits per heavy atom. The Balaban J connectivity index is 2.84. The third-order valence-electron chi connectivity index (χ3n) is 4.84. The van der Waals surface area contributed by atoms with Crippen molar-refractivity contribution in [3.8, 4) is 0 Å². The number of rotatable bonds is 7. The summed E-state index contributed by atoms with van der Waals surface area (Å²) in [6.45, 7) is 11.5. The Hall–Kier alpha value is -0.0800. The molecule has 0 aromatic rings. The third-order valence-corrected chi connectivity index (χ3v) is 4.84. The van der Waals surface area contributed by atoms with Gasteiger partial charge in [-0.05, 0) is 44.1 Å². The molecule has 0 aromatic carbocycles. The lowest BCUT2D eigenvalue weighted by molar-refractivity contribution is 0.0692. The van der Waals surface area contributed by atoms with Gasteiger partial charge in [-0.1, -0.05) is 47.0 Å². The Bertz CT molecular complexity index is 223. The highest BCUT2D eigenvalue weighted by Gasteiger charge is 2.31. The first-order chi connectivity index (χ1) is 9.13. The molecule has 2 heteroatoms. The summed E-state index contributed by atoms with van der Waals surface area (Å²) in [5.74, 6) is 1.48. The lowest BCUT2D eigenvalue weighted by Crippen LogP contribution is -2.49. The summed E-state index contributed by atoms with van der Waals surface area (Å²) in [6.07, 6.45) is 9.45. The number of hydrogen-bond acceptors (Lipinski definition) is 2. The van der Waals surface area contributed by atoms with Crippen LogP contribution in [-0.2, 0) is 0 Å². The predicted octanol–water partition coefficient (Wildman–Crippen LogP) is 4.04. The van der Waals surface area contributed by atoms with Crippen molar-refractivity contribution in [1.29, 1.82) is 0 Å². The summed E-state index contributed by atoms with van der Waals surface area (Å²) in [5.41, 5.74) is 6.09. The van der Waals surface area contributed by atoms with E-state index in [9.17, 15) is 0 Å². The third kappa shape index (κ3) is 5.07. The normalized spacial score (nSPS) is 25.3. The molecule has 0 saturated heterocycles. The van der Waals surface area contributed by atoms with Gasteiger partial charge in [-0.25, -0.2) is 0 Å². The van der Waals surface area contributed by atoms with Crippen LogP contribution in [0, 0.1) is 11.8 Å². The van der Waals surface area contributed by atoms with Crippen LogP contribution in [-0.4, -0.2) is 30.1 Å². The smallest absolute Gasteiger partial charge is 0.0139 e. The van der Waals surface area contributed by atoms with Crippen LogP contribution in [0.4, 0.5) is 0 Å². The van der Waals surface area contributed by atoms with Gasteiger partial charge in [-0.2, -0.15) is 0 Å². The average Bonchev–Trinajstić information content (AvgIpc) is 2.63. The van der Waals surface area contributed by atoms with Gasteiger partial charge in [0.2, 0.25) is 0 Å². The molecule has 1 aliphatic carbocycles. The average molecular weight is 268 g/mol. The molecular weight excluding hydrogens is 232 g/mol.